The van der Waals surface area contributed by atoms with E-state index >= 15 is 0 Å². The molecule has 130 valence electrons. The van der Waals surface area contributed by atoms with Crippen LogP contribution in [0.15, 0.2) is 55.0 Å². The molecular formula is C19H14ClN3O3. The van der Waals surface area contributed by atoms with Gasteiger partial charge in [-0.3, -0.25) is 9.78 Å². The predicted octanol–water partition coefficient (Wildman–Crippen LogP) is 3.70. The zero-order valence-electron chi connectivity index (χ0n) is 13.5. The summed E-state index contributed by atoms with van der Waals surface area (Å²) in [5, 5.41) is 12.8. The molecule has 1 aliphatic rings. The minimum Gasteiger partial charge on any atom is -0.478 e. The number of halogens is 1. The second-order valence-corrected chi connectivity index (χ2v) is 6.43. The Balaban J connectivity index is 2.01. The smallest absolute Gasteiger partial charge is 0.339 e. The summed E-state index contributed by atoms with van der Waals surface area (Å²) in [7, 11) is 0. The number of aromatic carboxylic acids is 1. The molecule has 0 saturated heterocycles. The van der Waals surface area contributed by atoms with E-state index in [9.17, 15) is 14.7 Å². The van der Waals surface area contributed by atoms with Crippen molar-refractivity contribution in [1.82, 2.24) is 9.55 Å². The molecule has 0 saturated carbocycles. The summed E-state index contributed by atoms with van der Waals surface area (Å²) in [6.45, 7) is 0. The first kappa shape index (κ1) is 16.4. The van der Waals surface area contributed by atoms with Gasteiger partial charge in [0.2, 0.25) is 5.91 Å². The van der Waals surface area contributed by atoms with Crippen LogP contribution in [0.25, 0.3) is 5.69 Å². The van der Waals surface area contributed by atoms with Gasteiger partial charge in [0.25, 0.3) is 0 Å². The van der Waals surface area contributed by atoms with Crippen molar-refractivity contribution in [3.05, 3.63) is 76.8 Å². The summed E-state index contributed by atoms with van der Waals surface area (Å²) >= 11 is 6.34. The van der Waals surface area contributed by atoms with Gasteiger partial charge in [-0.2, -0.15) is 0 Å². The van der Waals surface area contributed by atoms with Crippen LogP contribution in [0.5, 0.6) is 0 Å². The molecule has 6 nitrogen and oxygen atoms in total. The first-order valence-electron chi connectivity index (χ1n) is 7.99. The van der Waals surface area contributed by atoms with Gasteiger partial charge in [0, 0.05) is 30.9 Å². The van der Waals surface area contributed by atoms with Crippen molar-refractivity contribution >= 4 is 29.2 Å². The van der Waals surface area contributed by atoms with E-state index in [1.807, 2.05) is 18.2 Å². The normalized spacial score (nSPS) is 16.0. The lowest BCUT2D eigenvalue weighted by molar-refractivity contribution is -0.116. The summed E-state index contributed by atoms with van der Waals surface area (Å²) in [5.41, 5.74) is 2.52. The maximum absolute atomic E-state index is 12.2. The molecular weight excluding hydrogens is 354 g/mol. The van der Waals surface area contributed by atoms with Crippen molar-refractivity contribution < 1.29 is 14.7 Å². The maximum atomic E-state index is 12.2. The van der Waals surface area contributed by atoms with E-state index in [1.165, 1.54) is 6.20 Å². The standard InChI is InChI=1S/C19H14ClN3O3/c20-14-5-1-2-6-15(14)23-10-13(19(25)26)17-18(23)12(8-16(24)22-17)11-4-3-7-21-9-11/h1-7,9-10,12H,8H2,(H,22,24)(H,25,26). The lowest BCUT2D eigenvalue weighted by atomic mass is 9.89. The van der Waals surface area contributed by atoms with Crippen LogP contribution in [0.3, 0.4) is 0 Å². The number of nitrogens with one attached hydrogen (secondary N) is 1. The molecule has 1 atom stereocenters. The Labute approximate surface area is 154 Å². The van der Waals surface area contributed by atoms with Crippen molar-refractivity contribution in [3.63, 3.8) is 0 Å². The van der Waals surface area contributed by atoms with Crippen LogP contribution in [-0.4, -0.2) is 26.5 Å². The fourth-order valence-electron chi connectivity index (χ4n) is 3.33. The first-order chi connectivity index (χ1) is 12.6. The molecule has 1 aliphatic heterocycles. The number of nitrogens with zero attached hydrogens (tertiary/aromatic N) is 2. The van der Waals surface area contributed by atoms with Crippen LogP contribution in [0.2, 0.25) is 5.02 Å². The van der Waals surface area contributed by atoms with Crippen molar-refractivity contribution in [3.8, 4) is 5.69 Å². The second kappa shape index (κ2) is 6.31. The average Bonchev–Trinajstić information content (AvgIpc) is 3.01. The third-order valence-corrected chi connectivity index (χ3v) is 4.78. The zero-order chi connectivity index (χ0) is 18.3. The van der Waals surface area contributed by atoms with E-state index < -0.39 is 5.97 Å². The molecule has 2 aromatic heterocycles. The number of aromatic nitrogens is 2. The van der Waals surface area contributed by atoms with E-state index in [4.69, 9.17) is 11.6 Å². The fourth-order valence-corrected chi connectivity index (χ4v) is 3.56. The van der Waals surface area contributed by atoms with Crippen LogP contribution >= 0.6 is 11.6 Å². The van der Waals surface area contributed by atoms with Gasteiger partial charge >= 0.3 is 5.97 Å². The number of anilines is 1. The number of carboxylic acid groups (broad SMARTS) is 1. The molecule has 7 heteroatoms. The van der Waals surface area contributed by atoms with E-state index in [0.29, 0.717) is 22.1 Å². The predicted molar refractivity (Wildman–Crippen MR) is 97.1 cm³/mol. The summed E-state index contributed by atoms with van der Waals surface area (Å²) < 4.78 is 1.75. The molecule has 26 heavy (non-hydrogen) atoms. The highest BCUT2D eigenvalue weighted by Crippen LogP contribution is 2.42. The number of fused-ring (bicyclic) bond motifs is 1. The SMILES string of the molecule is O=C1CC(c2cccnc2)c2c(c(C(=O)O)cn2-c2ccccc2Cl)N1. The van der Waals surface area contributed by atoms with Gasteiger partial charge in [-0.1, -0.05) is 29.8 Å². The molecule has 0 aliphatic carbocycles. The molecule has 0 fully saturated rings. The third-order valence-electron chi connectivity index (χ3n) is 4.46. The number of carboxylic acids is 1. The van der Waals surface area contributed by atoms with Gasteiger partial charge < -0.3 is 15.0 Å². The summed E-state index contributed by atoms with van der Waals surface area (Å²) in [6, 6.07) is 10.9. The van der Waals surface area contributed by atoms with Crippen LogP contribution in [0, 0.1) is 0 Å². The highest BCUT2D eigenvalue weighted by molar-refractivity contribution is 6.32. The Morgan fingerprint density at radius 3 is 2.77 bits per heavy atom. The van der Waals surface area contributed by atoms with Crippen LogP contribution in [0.4, 0.5) is 5.69 Å². The number of carbonyl (C=O) groups excluding carboxylic acids is 1. The summed E-state index contributed by atoms with van der Waals surface area (Å²) in [6.07, 6.45) is 5.05. The highest BCUT2D eigenvalue weighted by Gasteiger charge is 2.34. The largest absolute Gasteiger partial charge is 0.478 e. The molecule has 1 unspecified atom stereocenters. The van der Waals surface area contributed by atoms with E-state index in [2.05, 4.69) is 10.3 Å². The van der Waals surface area contributed by atoms with Crippen LogP contribution < -0.4 is 5.32 Å². The minimum absolute atomic E-state index is 0.0295. The Kier molecular flexibility index (Phi) is 3.97. The van der Waals surface area contributed by atoms with Crippen LogP contribution in [0.1, 0.15) is 34.0 Å². The molecule has 0 bridgehead atoms. The molecule has 1 amide bonds. The fraction of sp³-hybridized carbons (Fsp3) is 0.105. The number of carbonyl (C=O) groups is 2. The van der Waals surface area contributed by atoms with Gasteiger partial charge in [0.15, 0.2) is 0 Å². The molecule has 1 aromatic carbocycles. The number of pyridine rings is 1. The lowest BCUT2D eigenvalue weighted by Gasteiger charge is -2.26. The molecule has 3 heterocycles. The van der Waals surface area contributed by atoms with Crippen LogP contribution in [-0.2, 0) is 4.79 Å². The van der Waals surface area contributed by atoms with Gasteiger partial charge in [-0.25, -0.2) is 4.79 Å². The second-order valence-electron chi connectivity index (χ2n) is 6.02. The van der Waals surface area contributed by atoms with Gasteiger partial charge in [0.05, 0.1) is 22.1 Å². The summed E-state index contributed by atoms with van der Waals surface area (Å²) in [5.74, 6) is -1.67. The van der Waals surface area contributed by atoms with Crippen molar-refractivity contribution in [2.24, 2.45) is 0 Å². The number of rotatable bonds is 3. The Morgan fingerprint density at radius 1 is 1.27 bits per heavy atom. The average molecular weight is 368 g/mol. The number of hydrogen-bond donors (Lipinski definition) is 2. The zero-order valence-corrected chi connectivity index (χ0v) is 14.3. The van der Waals surface area contributed by atoms with Gasteiger partial charge in [-0.15, -0.1) is 0 Å². The molecule has 0 spiro atoms. The van der Waals surface area contributed by atoms with Gasteiger partial charge in [0.1, 0.15) is 5.56 Å². The van der Waals surface area contributed by atoms with E-state index in [-0.39, 0.29) is 23.8 Å². The molecule has 4 rings (SSSR count). The Morgan fingerprint density at radius 2 is 2.08 bits per heavy atom. The summed E-state index contributed by atoms with van der Waals surface area (Å²) in [4.78, 5) is 28.1. The highest BCUT2D eigenvalue weighted by atomic mass is 35.5. The number of para-hydroxylation sites is 1. The molecule has 2 N–H and O–H groups in total. The quantitative estimate of drug-likeness (QED) is 0.739. The topological polar surface area (TPSA) is 84.2 Å². The first-order valence-corrected chi connectivity index (χ1v) is 8.37. The van der Waals surface area contributed by atoms with Crippen molar-refractivity contribution in [2.45, 2.75) is 12.3 Å². The van der Waals surface area contributed by atoms with Crippen molar-refractivity contribution in [1.29, 1.82) is 0 Å². The third kappa shape index (κ3) is 2.64. The molecule has 3 aromatic rings. The maximum Gasteiger partial charge on any atom is 0.339 e. The molecule has 0 radical (unpaired) electrons. The number of benzene rings is 1. The lowest BCUT2D eigenvalue weighted by Crippen LogP contribution is -2.25. The number of amides is 1. The Hall–Kier alpha value is -3.12. The van der Waals surface area contributed by atoms with Gasteiger partial charge in [-0.05, 0) is 23.8 Å². The van der Waals surface area contributed by atoms with E-state index in [1.54, 1.807) is 35.2 Å². The number of hydrogen-bond acceptors (Lipinski definition) is 3. The van der Waals surface area contributed by atoms with Crippen molar-refractivity contribution in [2.75, 3.05) is 5.32 Å². The van der Waals surface area contributed by atoms with E-state index in [0.717, 1.165) is 5.56 Å². The minimum atomic E-state index is -1.11. The Bertz CT molecular complexity index is 1010. The monoisotopic (exact) mass is 367 g/mol.